The Morgan fingerprint density at radius 1 is 1.16 bits per heavy atom. The van der Waals surface area contributed by atoms with E-state index in [1.807, 2.05) is 11.5 Å². The molecule has 2 aromatic carbocycles. The van der Waals surface area contributed by atoms with Crippen LogP contribution >= 0.6 is 0 Å². The van der Waals surface area contributed by atoms with E-state index in [0.717, 1.165) is 17.2 Å². The molecular weight excluding hydrogens is 404 g/mol. The molecule has 160 valence electrons. The summed E-state index contributed by atoms with van der Waals surface area (Å²) in [5.41, 5.74) is 5.41. The van der Waals surface area contributed by atoms with Crippen LogP contribution in [-0.2, 0) is 5.41 Å². The van der Waals surface area contributed by atoms with E-state index in [0.29, 0.717) is 22.7 Å². The number of aromatic nitrogens is 2. The van der Waals surface area contributed by atoms with Crippen molar-refractivity contribution < 1.29 is 9.72 Å². The molecule has 7 heteroatoms. The van der Waals surface area contributed by atoms with Crippen molar-refractivity contribution in [2.24, 2.45) is 10.9 Å². The van der Waals surface area contributed by atoms with E-state index in [1.54, 1.807) is 24.5 Å². The Hall–Kier alpha value is -3.61. The van der Waals surface area contributed by atoms with Gasteiger partial charge in [0.1, 0.15) is 12.0 Å². The Balaban J connectivity index is 1.63. The fraction of sp³-hybridized carbons (Fsp3) is 0.320. The molecule has 0 spiro atoms. The number of carbonyl (C=O) groups is 1. The standard InChI is InChI=1S/C25H22N4O3/c1-14-24-22(15(2)30)26-13-28(24)20-8-7-17(25-10-16(11-25)12-25)9-19(20)23(27-14)18-5-3-4-6-21(18)29(31)32/h3-9,13-14,16H,10-12H2,1-2H3/t14-,16?,25?/m0/s1. The van der Waals surface area contributed by atoms with Crippen LogP contribution in [0.25, 0.3) is 5.69 Å². The number of nitro groups is 1. The second-order valence-corrected chi connectivity index (χ2v) is 9.32. The molecule has 1 aliphatic heterocycles. The third-order valence-corrected chi connectivity index (χ3v) is 7.37. The molecule has 3 aliphatic carbocycles. The fourth-order valence-corrected chi connectivity index (χ4v) is 5.69. The SMILES string of the molecule is CC(=O)c1ncn2c1[C@H](C)N=C(c1ccccc1[N+](=O)[O-])c1cc(C34CC(C3)C4)ccc1-2. The van der Waals surface area contributed by atoms with E-state index < -0.39 is 6.04 Å². The summed E-state index contributed by atoms with van der Waals surface area (Å²) in [6, 6.07) is 12.7. The number of nitrogens with zero attached hydrogens (tertiary/aromatic N) is 4. The van der Waals surface area contributed by atoms with Crippen LogP contribution in [0.3, 0.4) is 0 Å². The summed E-state index contributed by atoms with van der Waals surface area (Å²) in [5.74, 6) is 0.720. The number of Topliss-reactive ketones (excluding diaryl/α,β-unsaturated/α-hetero) is 1. The number of ketones is 1. The van der Waals surface area contributed by atoms with Crippen LogP contribution in [0, 0.1) is 16.0 Å². The Morgan fingerprint density at radius 2 is 1.91 bits per heavy atom. The first-order valence-electron chi connectivity index (χ1n) is 10.9. The molecule has 1 atom stereocenters. The van der Waals surface area contributed by atoms with Crippen LogP contribution < -0.4 is 0 Å². The molecule has 3 saturated carbocycles. The Kier molecular flexibility index (Phi) is 3.85. The maximum Gasteiger partial charge on any atom is 0.278 e. The monoisotopic (exact) mass is 426 g/mol. The second-order valence-electron chi connectivity index (χ2n) is 9.32. The Morgan fingerprint density at radius 3 is 2.56 bits per heavy atom. The van der Waals surface area contributed by atoms with Crippen molar-refractivity contribution in [1.82, 2.24) is 9.55 Å². The van der Waals surface area contributed by atoms with Gasteiger partial charge < -0.3 is 0 Å². The molecule has 3 aromatic rings. The number of hydrogen-bond acceptors (Lipinski definition) is 5. The second kappa shape index (κ2) is 6.45. The molecule has 2 bridgehead atoms. The highest BCUT2D eigenvalue weighted by atomic mass is 16.6. The van der Waals surface area contributed by atoms with Gasteiger partial charge in [-0.15, -0.1) is 0 Å². The molecule has 0 radical (unpaired) electrons. The molecule has 7 rings (SSSR count). The number of rotatable bonds is 4. The normalized spacial score (nSPS) is 24.9. The van der Waals surface area contributed by atoms with Gasteiger partial charge in [0.05, 0.1) is 33.6 Å². The van der Waals surface area contributed by atoms with Gasteiger partial charge in [0.25, 0.3) is 5.69 Å². The summed E-state index contributed by atoms with van der Waals surface area (Å²) in [6.07, 6.45) is 5.31. The Bertz CT molecular complexity index is 1340. The summed E-state index contributed by atoms with van der Waals surface area (Å²) < 4.78 is 1.92. The highest BCUT2D eigenvalue weighted by Crippen LogP contribution is 2.65. The minimum absolute atomic E-state index is 0.0248. The predicted molar refractivity (Wildman–Crippen MR) is 120 cm³/mol. The Labute approximate surface area is 185 Å². The molecule has 0 amide bonds. The van der Waals surface area contributed by atoms with E-state index in [2.05, 4.69) is 23.2 Å². The number of nitro benzene ring substituents is 1. The molecule has 3 fully saturated rings. The number of imidazole rings is 1. The van der Waals surface area contributed by atoms with Crippen molar-refractivity contribution in [2.45, 2.75) is 44.6 Å². The minimum Gasteiger partial charge on any atom is -0.300 e. The smallest absolute Gasteiger partial charge is 0.278 e. The molecule has 7 nitrogen and oxygen atoms in total. The van der Waals surface area contributed by atoms with Crippen molar-refractivity contribution in [1.29, 1.82) is 0 Å². The van der Waals surface area contributed by atoms with Crippen molar-refractivity contribution in [2.75, 3.05) is 0 Å². The molecular formula is C25H22N4O3. The molecule has 4 aliphatic rings. The van der Waals surface area contributed by atoms with Crippen molar-refractivity contribution in [3.8, 4) is 5.69 Å². The lowest BCUT2D eigenvalue weighted by Gasteiger charge is -2.62. The number of aliphatic imine (C=N–C) groups is 1. The molecule has 1 aromatic heterocycles. The van der Waals surface area contributed by atoms with Crippen molar-refractivity contribution >= 4 is 17.2 Å². The summed E-state index contributed by atoms with van der Waals surface area (Å²) in [6.45, 7) is 3.41. The third-order valence-electron chi connectivity index (χ3n) is 7.37. The van der Waals surface area contributed by atoms with Gasteiger partial charge in [0, 0.05) is 18.6 Å². The number of para-hydroxylation sites is 1. The van der Waals surface area contributed by atoms with Gasteiger partial charge in [-0.2, -0.15) is 0 Å². The van der Waals surface area contributed by atoms with Gasteiger partial charge in [-0.1, -0.05) is 18.2 Å². The molecule has 32 heavy (non-hydrogen) atoms. The van der Waals surface area contributed by atoms with E-state index in [4.69, 9.17) is 4.99 Å². The van der Waals surface area contributed by atoms with Gasteiger partial charge in [-0.05, 0) is 61.3 Å². The van der Waals surface area contributed by atoms with Gasteiger partial charge >= 0.3 is 0 Å². The molecule has 2 heterocycles. The van der Waals surface area contributed by atoms with Crippen LogP contribution in [0.5, 0.6) is 0 Å². The number of carbonyl (C=O) groups excluding carboxylic acids is 1. The largest absolute Gasteiger partial charge is 0.300 e. The van der Waals surface area contributed by atoms with E-state index in [9.17, 15) is 14.9 Å². The number of benzene rings is 2. The zero-order chi connectivity index (χ0) is 22.2. The topological polar surface area (TPSA) is 90.4 Å². The highest BCUT2D eigenvalue weighted by molar-refractivity contribution is 6.17. The maximum absolute atomic E-state index is 12.3. The first-order chi connectivity index (χ1) is 15.4. The van der Waals surface area contributed by atoms with Crippen LogP contribution in [0.2, 0.25) is 0 Å². The first-order valence-corrected chi connectivity index (χ1v) is 10.9. The van der Waals surface area contributed by atoms with Crippen molar-refractivity contribution in [3.63, 3.8) is 0 Å². The molecule has 0 saturated heterocycles. The summed E-state index contributed by atoms with van der Waals surface area (Å²) in [5, 5.41) is 11.8. The average Bonchev–Trinajstić information content (AvgIpc) is 3.10. The first kappa shape index (κ1) is 19.1. The van der Waals surface area contributed by atoms with Crippen LogP contribution in [0.15, 0.2) is 53.8 Å². The zero-order valence-corrected chi connectivity index (χ0v) is 17.9. The van der Waals surface area contributed by atoms with E-state index in [1.165, 1.54) is 37.8 Å². The van der Waals surface area contributed by atoms with Gasteiger partial charge in [0.2, 0.25) is 0 Å². The summed E-state index contributed by atoms with van der Waals surface area (Å²) in [7, 11) is 0. The zero-order valence-electron chi connectivity index (χ0n) is 17.9. The van der Waals surface area contributed by atoms with Crippen molar-refractivity contribution in [3.05, 3.63) is 87.0 Å². The molecule has 0 unspecified atom stereocenters. The lowest BCUT2D eigenvalue weighted by Crippen LogP contribution is -2.55. The van der Waals surface area contributed by atoms with Gasteiger partial charge in [-0.25, -0.2) is 4.98 Å². The summed E-state index contributed by atoms with van der Waals surface area (Å²) in [4.78, 5) is 33.1. The van der Waals surface area contributed by atoms with Crippen LogP contribution in [0.4, 0.5) is 5.69 Å². The highest BCUT2D eigenvalue weighted by Gasteiger charge is 2.57. The van der Waals surface area contributed by atoms with Crippen LogP contribution in [-0.4, -0.2) is 26.0 Å². The van der Waals surface area contributed by atoms with Gasteiger partial charge in [0.15, 0.2) is 5.78 Å². The third kappa shape index (κ3) is 2.51. The molecule has 0 N–H and O–H groups in total. The average molecular weight is 426 g/mol. The minimum atomic E-state index is -0.392. The maximum atomic E-state index is 12.3. The van der Waals surface area contributed by atoms with E-state index in [-0.39, 0.29) is 21.8 Å². The number of hydrogen-bond donors (Lipinski definition) is 0. The quantitative estimate of drug-likeness (QED) is 0.335. The number of fused-ring (bicyclic) bond motifs is 3. The summed E-state index contributed by atoms with van der Waals surface area (Å²) >= 11 is 0. The van der Waals surface area contributed by atoms with Crippen LogP contribution in [0.1, 0.15) is 72.0 Å². The lowest BCUT2D eigenvalue weighted by molar-refractivity contribution is -0.385. The fourth-order valence-electron chi connectivity index (χ4n) is 5.69. The lowest BCUT2D eigenvalue weighted by atomic mass is 9.42. The van der Waals surface area contributed by atoms with E-state index >= 15 is 0 Å². The predicted octanol–water partition coefficient (Wildman–Crippen LogP) is 4.95. The van der Waals surface area contributed by atoms with Gasteiger partial charge in [-0.3, -0.25) is 24.5 Å².